The van der Waals surface area contributed by atoms with Gasteiger partial charge in [0.2, 0.25) is 0 Å². The molecule has 0 aliphatic rings. The molecule has 0 aromatic heterocycles. The third-order valence-corrected chi connectivity index (χ3v) is 3.63. The lowest BCUT2D eigenvalue weighted by molar-refractivity contribution is 0.681. The predicted molar refractivity (Wildman–Crippen MR) is 93.4 cm³/mol. The van der Waals surface area contributed by atoms with Crippen molar-refractivity contribution in [1.29, 1.82) is 0 Å². The Morgan fingerprint density at radius 2 is 2.05 bits per heavy atom. The van der Waals surface area contributed by atoms with Crippen LogP contribution in [0.1, 0.15) is 18.9 Å². The van der Waals surface area contributed by atoms with Crippen LogP contribution in [0.3, 0.4) is 0 Å². The van der Waals surface area contributed by atoms with Crippen LogP contribution < -0.4 is 11.1 Å². The van der Waals surface area contributed by atoms with Crippen LogP contribution in [0.15, 0.2) is 35.3 Å². The molecule has 0 aliphatic carbocycles. The molecule has 0 fully saturated rings. The molecule has 1 rings (SSSR count). The zero-order chi connectivity index (χ0) is 13.2. The zero-order valence-electron chi connectivity index (χ0n) is 11.2. The van der Waals surface area contributed by atoms with Crippen LogP contribution in [0.25, 0.3) is 0 Å². The standard InChI is InChI=1S/C13H21N3OS.HI/c1-2-8-15-13(14)16-9-10-18(17)11-12-6-4-3-5-7-12;/h3-7H,2,8-11H2,1H3,(H3,14,15,16);1H. The summed E-state index contributed by atoms with van der Waals surface area (Å²) in [5.41, 5.74) is 6.74. The lowest BCUT2D eigenvalue weighted by Gasteiger charge is -2.05. The van der Waals surface area contributed by atoms with E-state index in [1.807, 2.05) is 37.3 Å². The fourth-order valence-electron chi connectivity index (χ4n) is 1.41. The molecule has 4 nitrogen and oxygen atoms in total. The van der Waals surface area contributed by atoms with Gasteiger partial charge >= 0.3 is 0 Å². The van der Waals surface area contributed by atoms with Crippen molar-refractivity contribution in [3.8, 4) is 0 Å². The number of nitrogens with one attached hydrogen (secondary N) is 1. The largest absolute Gasteiger partial charge is 0.370 e. The fourth-order valence-corrected chi connectivity index (χ4v) is 2.45. The van der Waals surface area contributed by atoms with E-state index in [2.05, 4.69) is 10.3 Å². The molecule has 1 unspecified atom stereocenters. The first-order valence-corrected chi connectivity index (χ1v) is 7.64. The first-order chi connectivity index (χ1) is 8.72. The second-order valence-corrected chi connectivity index (χ2v) is 5.54. The van der Waals surface area contributed by atoms with Crippen molar-refractivity contribution in [2.45, 2.75) is 19.1 Å². The monoisotopic (exact) mass is 395 g/mol. The van der Waals surface area contributed by atoms with Gasteiger partial charge in [-0.25, -0.2) is 0 Å². The summed E-state index contributed by atoms with van der Waals surface area (Å²) in [5, 5.41) is 2.97. The Bertz CT molecular complexity index is 398. The van der Waals surface area contributed by atoms with Crippen LogP contribution in [-0.2, 0) is 16.6 Å². The molecule has 0 radical (unpaired) electrons. The smallest absolute Gasteiger partial charge is 0.188 e. The predicted octanol–water partition coefficient (Wildman–Crippen LogP) is 1.87. The molecule has 3 N–H and O–H groups in total. The molecule has 0 aliphatic heterocycles. The number of rotatable bonds is 7. The maximum atomic E-state index is 11.8. The van der Waals surface area contributed by atoms with Gasteiger partial charge in [0.25, 0.3) is 0 Å². The molecule has 0 heterocycles. The average Bonchev–Trinajstić information content (AvgIpc) is 2.37. The van der Waals surface area contributed by atoms with E-state index in [9.17, 15) is 4.21 Å². The zero-order valence-corrected chi connectivity index (χ0v) is 14.3. The third-order valence-electron chi connectivity index (χ3n) is 2.31. The average molecular weight is 395 g/mol. The van der Waals surface area contributed by atoms with E-state index in [4.69, 9.17) is 5.73 Å². The van der Waals surface area contributed by atoms with Gasteiger partial charge in [-0.15, -0.1) is 24.0 Å². The Morgan fingerprint density at radius 1 is 1.37 bits per heavy atom. The molecule has 0 saturated heterocycles. The van der Waals surface area contributed by atoms with Crippen molar-refractivity contribution in [2.75, 3.05) is 18.8 Å². The highest BCUT2D eigenvalue weighted by molar-refractivity contribution is 14.0. The maximum Gasteiger partial charge on any atom is 0.188 e. The quantitative estimate of drug-likeness (QED) is 0.421. The maximum absolute atomic E-state index is 11.8. The first-order valence-electron chi connectivity index (χ1n) is 6.15. The molecular weight excluding hydrogens is 373 g/mol. The van der Waals surface area contributed by atoms with Crippen LogP contribution in [0.2, 0.25) is 0 Å². The second kappa shape index (κ2) is 11.2. The van der Waals surface area contributed by atoms with Gasteiger partial charge in [0.15, 0.2) is 5.96 Å². The van der Waals surface area contributed by atoms with Crippen LogP contribution >= 0.6 is 24.0 Å². The van der Waals surface area contributed by atoms with E-state index in [0.29, 0.717) is 24.0 Å². The molecule has 0 bridgehead atoms. The number of halogens is 1. The van der Waals surface area contributed by atoms with Crippen LogP contribution in [0, 0.1) is 0 Å². The molecule has 0 amide bonds. The normalized spacial score (nSPS) is 12.6. The molecule has 108 valence electrons. The lowest BCUT2D eigenvalue weighted by atomic mass is 10.2. The van der Waals surface area contributed by atoms with Crippen LogP contribution in [0.5, 0.6) is 0 Å². The Labute approximate surface area is 134 Å². The highest BCUT2D eigenvalue weighted by atomic mass is 127. The van der Waals surface area contributed by atoms with Crippen molar-refractivity contribution in [3.63, 3.8) is 0 Å². The number of guanidine groups is 1. The van der Waals surface area contributed by atoms with E-state index in [-0.39, 0.29) is 24.0 Å². The van der Waals surface area contributed by atoms with Crippen molar-refractivity contribution in [2.24, 2.45) is 10.7 Å². The minimum Gasteiger partial charge on any atom is -0.370 e. The van der Waals surface area contributed by atoms with E-state index in [1.54, 1.807) is 0 Å². The number of nitrogens with two attached hydrogens (primary N) is 1. The molecule has 1 aromatic rings. The summed E-state index contributed by atoms with van der Waals surface area (Å²) in [6, 6.07) is 9.85. The van der Waals surface area contributed by atoms with Crippen LogP contribution in [0.4, 0.5) is 0 Å². The van der Waals surface area contributed by atoms with Crippen molar-refractivity contribution in [1.82, 2.24) is 5.32 Å². The number of nitrogens with zero attached hydrogens (tertiary/aromatic N) is 1. The molecule has 1 aromatic carbocycles. The van der Waals surface area contributed by atoms with Gasteiger partial charge in [-0.05, 0) is 12.0 Å². The van der Waals surface area contributed by atoms with Crippen LogP contribution in [-0.4, -0.2) is 29.0 Å². The van der Waals surface area contributed by atoms with E-state index in [0.717, 1.165) is 18.5 Å². The Hall–Kier alpha value is -0.630. The number of benzene rings is 1. The van der Waals surface area contributed by atoms with Gasteiger partial charge in [-0.1, -0.05) is 37.3 Å². The van der Waals surface area contributed by atoms with E-state index < -0.39 is 10.8 Å². The molecule has 19 heavy (non-hydrogen) atoms. The van der Waals surface area contributed by atoms with Gasteiger partial charge in [-0.3, -0.25) is 9.20 Å². The summed E-state index contributed by atoms with van der Waals surface area (Å²) >= 11 is 0. The van der Waals surface area contributed by atoms with Crippen molar-refractivity contribution >= 4 is 40.7 Å². The minimum atomic E-state index is -0.866. The van der Waals surface area contributed by atoms with Gasteiger partial charge in [0, 0.05) is 35.4 Å². The highest BCUT2D eigenvalue weighted by Crippen LogP contribution is 2.02. The summed E-state index contributed by atoms with van der Waals surface area (Å²) in [6.45, 7) is 3.37. The van der Waals surface area contributed by atoms with Gasteiger partial charge in [-0.2, -0.15) is 0 Å². The summed E-state index contributed by atoms with van der Waals surface area (Å²) in [5.74, 6) is 1.61. The van der Waals surface area contributed by atoms with E-state index >= 15 is 0 Å². The summed E-state index contributed by atoms with van der Waals surface area (Å²) in [4.78, 5) is 4.11. The number of aliphatic imine (C=N–C) groups is 1. The Kier molecular flexibility index (Phi) is 10.8. The fraction of sp³-hybridized carbons (Fsp3) is 0.462. The molecule has 1 atom stereocenters. The van der Waals surface area contributed by atoms with Gasteiger partial charge in [0.1, 0.15) is 0 Å². The van der Waals surface area contributed by atoms with Gasteiger partial charge in [0.05, 0.1) is 0 Å². The SMILES string of the molecule is CCCN=C(N)NCCS(=O)Cc1ccccc1.I. The molecule has 6 heteroatoms. The minimum absolute atomic E-state index is 0. The van der Waals surface area contributed by atoms with Crippen molar-refractivity contribution in [3.05, 3.63) is 35.9 Å². The van der Waals surface area contributed by atoms with E-state index in [1.165, 1.54) is 0 Å². The first kappa shape index (κ1) is 18.4. The molecule has 0 saturated carbocycles. The van der Waals surface area contributed by atoms with Crippen molar-refractivity contribution < 1.29 is 4.21 Å². The molecular formula is C13H22IN3OS. The Balaban J connectivity index is 0.00000324. The topological polar surface area (TPSA) is 67.5 Å². The highest BCUT2D eigenvalue weighted by Gasteiger charge is 2.01. The lowest BCUT2D eigenvalue weighted by Crippen LogP contribution is -2.34. The Morgan fingerprint density at radius 3 is 2.68 bits per heavy atom. The summed E-state index contributed by atoms with van der Waals surface area (Å²) in [6.07, 6.45) is 0.975. The molecule has 0 spiro atoms. The third kappa shape index (κ3) is 8.99. The summed E-state index contributed by atoms with van der Waals surface area (Å²) < 4.78 is 11.8. The second-order valence-electron chi connectivity index (χ2n) is 3.97. The number of hydrogen-bond acceptors (Lipinski definition) is 2. The van der Waals surface area contributed by atoms with Gasteiger partial charge < -0.3 is 11.1 Å². The number of hydrogen-bond donors (Lipinski definition) is 2. The summed E-state index contributed by atoms with van der Waals surface area (Å²) in [7, 11) is -0.866.